The molecule has 5 nitrogen and oxygen atoms in total. The summed E-state index contributed by atoms with van der Waals surface area (Å²) in [6.07, 6.45) is 0.640. The first-order valence-corrected chi connectivity index (χ1v) is 4.41. The van der Waals surface area contributed by atoms with Gasteiger partial charge in [0.2, 0.25) is 0 Å². The number of hydrazine groups is 1. The van der Waals surface area contributed by atoms with E-state index in [-0.39, 0.29) is 5.48 Å². The highest BCUT2D eigenvalue weighted by Gasteiger charge is 1.92. The number of hydrogen-bond acceptors (Lipinski definition) is 4. The molecule has 0 spiro atoms. The van der Waals surface area contributed by atoms with E-state index >= 15 is 0 Å². The van der Waals surface area contributed by atoms with Crippen molar-refractivity contribution in [2.75, 3.05) is 6.54 Å². The topological polar surface area (TPSA) is 122 Å². The zero-order valence-electron chi connectivity index (χ0n) is 8.91. The fraction of sp³-hybridized carbons (Fsp3) is 0.300. The van der Waals surface area contributed by atoms with Crippen LogP contribution < -0.4 is 17.4 Å². The van der Waals surface area contributed by atoms with Gasteiger partial charge >= 0.3 is 0 Å². The van der Waals surface area contributed by atoms with Gasteiger partial charge in [-0.25, -0.2) is 9.37 Å². The third kappa shape index (κ3) is 6.86. The maximum atomic E-state index is 12.2. The van der Waals surface area contributed by atoms with Crippen LogP contribution in [0.3, 0.4) is 0 Å². The van der Waals surface area contributed by atoms with Crippen LogP contribution >= 0.6 is 0 Å². The van der Waals surface area contributed by atoms with Gasteiger partial charge in [-0.2, -0.15) is 0 Å². The molecule has 90 valence electrons. The van der Waals surface area contributed by atoms with Crippen molar-refractivity contribution in [1.82, 2.24) is 4.98 Å². The van der Waals surface area contributed by atoms with Gasteiger partial charge in [0.15, 0.2) is 0 Å². The molecule has 0 unspecified atom stereocenters. The molecule has 0 saturated heterocycles. The molecule has 6 heteroatoms. The molecule has 0 aromatic carbocycles. The quantitative estimate of drug-likeness (QED) is 0.350. The number of alkyl halides is 1. The lowest BCUT2D eigenvalue weighted by atomic mass is 10.3. The third-order valence-corrected chi connectivity index (χ3v) is 1.43. The van der Waals surface area contributed by atoms with E-state index in [4.69, 9.17) is 5.73 Å². The van der Waals surface area contributed by atoms with Gasteiger partial charge < -0.3 is 11.2 Å². The Morgan fingerprint density at radius 1 is 1.31 bits per heavy atom. The molecule has 0 bridgehead atoms. The Labute approximate surface area is 94.1 Å². The van der Waals surface area contributed by atoms with Crippen molar-refractivity contribution in [2.24, 2.45) is 17.4 Å². The summed E-state index contributed by atoms with van der Waals surface area (Å²) in [6, 6.07) is 5.13. The minimum Gasteiger partial charge on any atom is -0.412 e. The Kier molecular flexibility index (Phi) is 12.2. The molecule has 0 aliphatic rings. The van der Waals surface area contributed by atoms with Gasteiger partial charge in [-0.05, 0) is 18.1 Å². The Hall–Kier alpha value is -1.52. The lowest BCUT2D eigenvalue weighted by molar-refractivity contribution is 0.476. The van der Waals surface area contributed by atoms with Gasteiger partial charge in [-0.15, -0.1) is 0 Å². The highest BCUT2D eigenvalue weighted by Crippen LogP contribution is 1.99. The van der Waals surface area contributed by atoms with E-state index in [0.717, 1.165) is 0 Å². The third-order valence-electron chi connectivity index (χ3n) is 1.43. The average molecular weight is 228 g/mol. The average Bonchev–Trinajstić information content (AvgIpc) is 2.32. The molecule has 1 aromatic rings. The van der Waals surface area contributed by atoms with E-state index in [1.165, 1.54) is 0 Å². The monoisotopic (exact) mass is 228 g/mol. The fourth-order valence-electron chi connectivity index (χ4n) is 0.849. The van der Waals surface area contributed by atoms with E-state index in [0.29, 0.717) is 24.4 Å². The maximum Gasteiger partial charge on any atom is 0.131 e. The number of pyridine rings is 1. The number of nitrogens with zero attached hydrogens (tertiary/aromatic N) is 1. The largest absolute Gasteiger partial charge is 0.412 e. The van der Waals surface area contributed by atoms with Gasteiger partial charge in [0.25, 0.3) is 0 Å². The van der Waals surface area contributed by atoms with Gasteiger partial charge in [-0.1, -0.05) is 12.0 Å². The number of halogens is 1. The lowest BCUT2D eigenvalue weighted by Crippen LogP contribution is -2.02. The molecular formula is C10H17FN4O. The van der Waals surface area contributed by atoms with Crippen molar-refractivity contribution < 1.29 is 9.87 Å². The van der Waals surface area contributed by atoms with Crippen molar-refractivity contribution in [2.45, 2.75) is 13.1 Å². The SMILES string of the molecule is NCCC#Cc1cccc(CF)n1.NN.O. The van der Waals surface area contributed by atoms with Crippen molar-refractivity contribution in [1.29, 1.82) is 0 Å². The molecule has 0 amide bonds. The predicted octanol–water partition coefficient (Wildman–Crippen LogP) is -0.754. The molecule has 0 saturated carbocycles. The molecule has 1 heterocycles. The van der Waals surface area contributed by atoms with Crippen molar-refractivity contribution in [3.05, 3.63) is 29.6 Å². The zero-order valence-corrected chi connectivity index (χ0v) is 8.91. The summed E-state index contributed by atoms with van der Waals surface area (Å²) in [5.74, 6) is 13.7. The molecule has 0 fully saturated rings. The first kappa shape index (κ1) is 16.9. The summed E-state index contributed by atoms with van der Waals surface area (Å²) < 4.78 is 12.2. The second-order valence-corrected chi connectivity index (χ2v) is 2.49. The fourth-order valence-corrected chi connectivity index (χ4v) is 0.849. The minimum atomic E-state index is -0.549. The van der Waals surface area contributed by atoms with Crippen LogP contribution in [0.4, 0.5) is 4.39 Å². The normalized spacial score (nSPS) is 7.75. The molecule has 1 aromatic heterocycles. The number of rotatable bonds is 2. The van der Waals surface area contributed by atoms with Crippen LogP contribution in [0, 0.1) is 11.8 Å². The Morgan fingerprint density at radius 2 is 2.00 bits per heavy atom. The van der Waals surface area contributed by atoms with Crippen molar-refractivity contribution in [3.8, 4) is 11.8 Å². The van der Waals surface area contributed by atoms with Crippen LogP contribution in [-0.4, -0.2) is 17.0 Å². The summed E-state index contributed by atoms with van der Waals surface area (Å²) in [4.78, 5) is 3.97. The smallest absolute Gasteiger partial charge is 0.131 e. The molecule has 0 aliphatic heterocycles. The second-order valence-electron chi connectivity index (χ2n) is 2.49. The van der Waals surface area contributed by atoms with E-state index in [9.17, 15) is 4.39 Å². The van der Waals surface area contributed by atoms with Crippen LogP contribution in [0.5, 0.6) is 0 Å². The molecule has 0 aliphatic carbocycles. The Bertz CT molecular complexity index is 335. The van der Waals surface area contributed by atoms with Gasteiger partial charge in [-0.3, -0.25) is 11.7 Å². The number of nitrogens with two attached hydrogens (primary N) is 3. The lowest BCUT2D eigenvalue weighted by Gasteiger charge is -1.93. The van der Waals surface area contributed by atoms with Gasteiger partial charge in [0.05, 0.1) is 5.69 Å². The standard InChI is InChI=1S/C10H11FN2.H4N2.H2O/c11-8-10-6-3-5-9(13-10)4-1-2-7-12;1-2;/h3,5-6H,2,7-8,12H2;1-2H2;1H2. The summed E-state index contributed by atoms with van der Waals surface area (Å²) in [5.41, 5.74) is 6.28. The molecule has 0 radical (unpaired) electrons. The molecule has 1 rings (SSSR count). The van der Waals surface area contributed by atoms with Gasteiger partial charge in [0, 0.05) is 13.0 Å². The Morgan fingerprint density at radius 3 is 2.56 bits per heavy atom. The van der Waals surface area contributed by atoms with Gasteiger partial charge in [0.1, 0.15) is 12.4 Å². The van der Waals surface area contributed by atoms with E-state index in [2.05, 4.69) is 28.5 Å². The van der Waals surface area contributed by atoms with Crippen LogP contribution in [0.25, 0.3) is 0 Å². The molecule has 8 N–H and O–H groups in total. The van der Waals surface area contributed by atoms with Crippen LogP contribution in [0.15, 0.2) is 18.2 Å². The van der Waals surface area contributed by atoms with E-state index < -0.39 is 6.67 Å². The first-order chi connectivity index (χ1) is 7.36. The highest BCUT2D eigenvalue weighted by molar-refractivity contribution is 5.28. The molecule has 16 heavy (non-hydrogen) atoms. The number of aromatic nitrogens is 1. The minimum absolute atomic E-state index is 0. The van der Waals surface area contributed by atoms with E-state index in [1.807, 2.05) is 0 Å². The highest BCUT2D eigenvalue weighted by atomic mass is 19.1. The molecule has 0 atom stereocenters. The predicted molar refractivity (Wildman–Crippen MR) is 61.6 cm³/mol. The summed E-state index contributed by atoms with van der Waals surface area (Å²) >= 11 is 0. The van der Waals surface area contributed by atoms with Crippen molar-refractivity contribution >= 4 is 0 Å². The first-order valence-electron chi connectivity index (χ1n) is 4.41. The second kappa shape index (κ2) is 11.6. The summed E-state index contributed by atoms with van der Waals surface area (Å²) in [6.45, 7) is -0.0117. The zero-order chi connectivity index (χ0) is 11.5. The summed E-state index contributed by atoms with van der Waals surface area (Å²) in [7, 11) is 0. The van der Waals surface area contributed by atoms with Crippen molar-refractivity contribution in [3.63, 3.8) is 0 Å². The van der Waals surface area contributed by atoms with Crippen LogP contribution in [-0.2, 0) is 6.67 Å². The van der Waals surface area contributed by atoms with E-state index in [1.54, 1.807) is 18.2 Å². The Balaban J connectivity index is 0. The van der Waals surface area contributed by atoms with Crippen LogP contribution in [0.1, 0.15) is 17.8 Å². The molecular weight excluding hydrogens is 211 g/mol. The maximum absolute atomic E-state index is 12.2. The summed E-state index contributed by atoms with van der Waals surface area (Å²) in [5, 5.41) is 0. The van der Waals surface area contributed by atoms with Crippen LogP contribution in [0.2, 0.25) is 0 Å². The number of hydrogen-bond donors (Lipinski definition) is 3.